The van der Waals surface area contributed by atoms with Crippen LogP contribution in [-0.4, -0.2) is 19.5 Å². The molecule has 0 atom stereocenters. The first-order chi connectivity index (χ1) is 9.88. The Labute approximate surface area is 120 Å². The lowest BCUT2D eigenvalue weighted by atomic mass is 9.86. The quantitative estimate of drug-likeness (QED) is 0.747. The van der Waals surface area contributed by atoms with Crippen molar-refractivity contribution in [2.75, 3.05) is 0 Å². The lowest BCUT2D eigenvalue weighted by Gasteiger charge is -2.19. The second-order valence-corrected chi connectivity index (χ2v) is 5.94. The molecule has 0 amide bonds. The molecule has 0 saturated heterocycles. The van der Waals surface area contributed by atoms with E-state index in [0.717, 1.165) is 5.56 Å². The van der Waals surface area contributed by atoms with E-state index in [2.05, 4.69) is 15.0 Å². The second-order valence-electron chi connectivity index (χ2n) is 5.94. The molecular formula is C15H15FN4O. The van der Waals surface area contributed by atoms with Crippen molar-refractivity contribution in [3.8, 4) is 5.95 Å². The summed E-state index contributed by atoms with van der Waals surface area (Å²) >= 11 is 0. The minimum Gasteiger partial charge on any atom is -0.330 e. The van der Waals surface area contributed by atoms with E-state index in [-0.39, 0.29) is 21.9 Å². The number of fused-ring (bicyclic) bond motifs is 1. The zero-order valence-corrected chi connectivity index (χ0v) is 12.0. The van der Waals surface area contributed by atoms with E-state index in [9.17, 15) is 9.18 Å². The van der Waals surface area contributed by atoms with Gasteiger partial charge in [-0.25, -0.2) is 18.9 Å². The van der Waals surface area contributed by atoms with Crippen molar-refractivity contribution < 1.29 is 4.39 Å². The molecule has 0 aliphatic heterocycles. The normalized spacial score (nSPS) is 12.0. The zero-order valence-electron chi connectivity index (χ0n) is 12.0. The Bertz CT molecular complexity index is 860. The fraction of sp³-hybridized carbons (Fsp3) is 0.267. The Morgan fingerprint density at radius 3 is 2.62 bits per heavy atom. The van der Waals surface area contributed by atoms with Crippen LogP contribution in [0.2, 0.25) is 0 Å². The topological polar surface area (TPSA) is 63.6 Å². The van der Waals surface area contributed by atoms with Crippen LogP contribution in [-0.2, 0) is 5.41 Å². The molecule has 0 unspecified atom stereocenters. The number of imidazole rings is 1. The van der Waals surface area contributed by atoms with Crippen LogP contribution in [0.1, 0.15) is 26.3 Å². The van der Waals surface area contributed by atoms with E-state index >= 15 is 0 Å². The first-order valence-electron chi connectivity index (χ1n) is 6.59. The molecule has 2 aromatic heterocycles. The summed E-state index contributed by atoms with van der Waals surface area (Å²) in [4.78, 5) is 23.5. The summed E-state index contributed by atoms with van der Waals surface area (Å²) in [5.41, 5.74) is 0.228. The van der Waals surface area contributed by atoms with Gasteiger partial charge in [0.1, 0.15) is 17.7 Å². The fourth-order valence-corrected chi connectivity index (χ4v) is 2.16. The van der Waals surface area contributed by atoms with Crippen LogP contribution in [0.4, 0.5) is 4.39 Å². The van der Waals surface area contributed by atoms with E-state index in [1.165, 1.54) is 23.2 Å². The van der Waals surface area contributed by atoms with Gasteiger partial charge in [0, 0.05) is 12.4 Å². The molecule has 3 rings (SSSR count). The highest BCUT2D eigenvalue weighted by atomic mass is 19.1. The minimum atomic E-state index is -0.485. The van der Waals surface area contributed by atoms with Crippen molar-refractivity contribution in [3.05, 3.63) is 52.6 Å². The summed E-state index contributed by atoms with van der Waals surface area (Å²) in [5.74, 6) is -0.128. The van der Waals surface area contributed by atoms with E-state index < -0.39 is 5.82 Å². The van der Waals surface area contributed by atoms with Gasteiger partial charge in [-0.1, -0.05) is 20.8 Å². The highest BCUT2D eigenvalue weighted by Crippen LogP contribution is 2.26. The van der Waals surface area contributed by atoms with Crippen molar-refractivity contribution in [2.45, 2.75) is 26.2 Å². The van der Waals surface area contributed by atoms with Crippen molar-refractivity contribution in [2.24, 2.45) is 0 Å². The molecule has 0 spiro atoms. The number of hydrogen-bond donors (Lipinski definition) is 1. The number of rotatable bonds is 1. The van der Waals surface area contributed by atoms with E-state index in [1.807, 2.05) is 20.8 Å². The highest BCUT2D eigenvalue weighted by Gasteiger charge is 2.19. The maximum absolute atomic E-state index is 14.2. The third kappa shape index (κ3) is 2.22. The van der Waals surface area contributed by atoms with Gasteiger partial charge in [0.05, 0.1) is 5.39 Å². The van der Waals surface area contributed by atoms with Crippen LogP contribution >= 0.6 is 0 Å². The number of H-pyrrole nitrogens is 1. The first-order valence-corrected chi connectivity index (χ1v) is 6.59. The number of nitrogens with one attached hydrogen (secondary N) is 1. The second kappa shape index (κ2) is 4.51. The number of nitrogens with zero attached hydrogens (tertiary/aromatic N) is 3. The molecule has 108 valence electrons. The molecule has 0 fully saturated rings. The predicted molar refractivity (Wildman–Crippen MR) is 78.1 cm³/mol. The molecular weight excluding hydrogens is 271 g/mol. The average molecular weight is 286 g/mol. The molecule has 0 saturated carbocycles. The standard InChI is InChI=1S/C15H15FN4O/c1-15(2,3)9-6-10-12(11(16)7-9)19-8-20(13(10)21)14-17-4-5-18-14/h4-8H,1-3H3,(H,17,18). The van der Waals surface area contributed by atoms with Crippen LogP contribution < -0.4 is 5.56 Å². The Balaban J connectivity index is 2.35. The maximum Gasteiger partial charge on any atom is 0.268 e. The molecule has 5 nitrogen and oxygen atoms in total. The molecule has 0 radical (unpaired) electrons. The van der Waals surface area contributed by atoms with Crippen molar-refractivity contribution >= 4 is 10.9 Å². The van der Waals surface area contributed by atoms with Crippen LogP contribution in [0.5, 0.6) is 0 Å². The monoisotopic (exact) mass is 286 g/mol. The van der Waals surface area contributed by atoms with E-state index in [0.29, 0.717) is 5.95 Å². The third-order valence-electron chi connectivity index (χ3n) is 3.39. The summed E-state index contributed by atoms with van der Waals surface area (Å²) in [5, 5.41) is 0.249. The van der Waals surface area contributed by atoms with Gasteiger partial charge in [-0.05, 0) is 23.1 Å². The summed E-state index contributed by atoms with van der Waals surface area (Å²) in [6, 6.07) is 3.14. The molecule has 6 heteroatoms. The summed E-state index contributed by atoms with van der Waals surface area (Å²) in [6.45, 7) is 5.90. The van der Waals surface area contributed by atoms with E-state index in [1.54, 1.807) is 12.3 Å². The van der Waals surface area contributed by atoms with Gasteiger partial charge in [0.15, 0.2) is 0 Å². The van der Waals surface area contributed by atoms with Gasteiger partial charge in [-0.15, -0.1) is 0 Å². The SMILES string of the molecule is CC(C)(C)c1cc(F)c2ncn(-c3ncc[nH]3)c(=O)c2c1. The number of aromatic nitrogens is 4. The van der Waals surface area contributed by atoms with Crippen LogP contribution in [0.25, 0.3) is 16.9 Å². The van der Waals surface area contributed by atoms with Gasteiger partial charge >= 0.3 is 0 Å². The molecule has 21 heavy (non-hydrogen) atoms. The van der Waals surface area contributed by atoms with Gasteiger partial charge in [0.2, 0.25) is 5.95 Å². The summed E-state index contributed by atoms with van der Waals surface area (Å²) in [7, 11) is 0. The molecule has 0 aliphatic carbocycles. The van der Waals surface area contributed by atoms with Gasteiger partial charge < -0.3 is 4.98 Å². The fourth-order valence-electron chi connectivity index (χ4n) is 2.16. The van der Waals surface area contributed by atoms with Gasteiger partial charge in [-0.3, -0.25) is 4.79 Å². The number of benzene rings is 1. The zero-order chi connectivity index (χ0) is 15.2. The number of aromatic amines is 1. The van der Waals surface area contributed by atoms with E-state index in [4.69, 9.17) is 0 Å². The van der Waals surface area contributed by atoms with Gasteiger partial charge in [-0.2, -0.15) is 0 Å². The Kier molecular flexibility index (Phi) is 2.90. The molecule has 2 heterocycles. The molecule has 0 bridgehead atoms. The molecule has 1 aromatic carbocycles. The van der Waals surface area contributed by atoms with Crippen LogP contribution in [0.15, 0.2) is 35.6 Å². The molecule has 1 N–H and O–H groups in total. The smallest absolute Gasteiger partial charge is 0.268 e. The van der Waals surface area contributed by atoms with Crippen LogP contribution in [0.3, 0.4) is 0 Å². The summed E-state index contributed by atoms with van der Waals surface area (Å²) < 4.78 is 15.5. The lowest BCUT2D eigenvalue weighted by molar-refractivity contribution is 0.575. The first kappa shape index (κ1) is 13.5. The lowest BCUT2D eigenvalue weighted by Crippen LogP contribution is -2.21. The Morgan fingerprint density at radius 1 is 1.24 bits per heavy atom. The van der Waals surface area contributed by atoms with Crippen molar-refractivity contribution in [1.82, 2.24) is 19.5 Å². The number of halogens is 1. The number of hydrogen-bond acceptors (Lipinski definition) is 3. The van der Waals surface area contributed by atoms with Crippen molar-refractivity contribution in [3.63, 3.8) is 0 Å². The highest BCUT2D eigenvalue weighted by molar-refractivity contribution is 5.79. The minimum absolute atomic E-state index is 0.0795. The summed E-state index contributed by atoms with van der Waals surface area (Å²) in [6.07, 6.45) is 4.43. The largest absolute Gasteiger partial charge is 0.330 e. The van der Waals surface area contributed by atoms with Crippen LogP contribution in [0, 0.1) is 5.82 Å². The predicted octanol–water partition coefficient (Wildman–Crippen LogP) is 2.55. The van der Waals surface area contributed by atoms with Gasteiger partial charge in [0.25, 0.3) is 5.56 Å². The Hall–Kier alpha value is -2.50. The molecule has 0 aliphatic rings. The maximum atomic E-state index is 14.2. The van der Waals surface area contributed by atoms with Crippen molar-refractivity contribution in [1.29, 1.82) is 0 Å². The molecule has 3 aromatic rings. The third-order valence-corrected chi connectivity index (χ3v) is 3.39. The average Bonchev–Trinajstić information content (AvgIpc) is 2.92. The Morgan fingerprint density at radius 2 is 2.00 bits per heavy atom.